The highest BCUT2D eigenvalue weighted by atomic mass is 16.5. The monoisotopic (exact) mass is 272 g/mol. The van der Waals surface area contributed by atoms with E-state index in [1.54, 1.807) is 0 Å². The molecule has 0 saturated carbocycles. The first-order valence-corrected chi connectivity index (χ1v) is 7.51. The highest BCUT2D eigenvalue weighted by Crippen LogP contribution is 2.30. The second-order valence-electron chi connectivity index (χ2n) is 5.79. The fourth-order valence-electron chi connectivity index (χ4n) is 3.60. The quantitative estimate of drug-likeness (QED) is 0.834. The molecule has 106 valence electrons. The van der Waals surface area contributed by atoms with Crippen LogP contribution in [0.1, 0.15) is 30.9 Å². The molecule has 5 nitrogen and oxygen atoms in total. The lowest BCUT2D eigenvalue weighted by atomic mass is 10.0. The molecular weight excluding hydrogens is 252 g/mol. The molecule has 0 spiro atoms. The van der Waals surface area contributed by atoms with Crippen molar-refractivity contribution in [2.75, 3.05) is 26.3 Å². The van der Waals surface area contributed by atoms with Gasteiger partial charge in [-0.3, -0.25) is 9.30 Å². The first kappa shape index (κ1) is 12.3. The Balaban J connectivity index is 1.54. The number of hydrogen-bond acceptors (Lipinski definition) is 4. The van der Waals surface area contributed by atoms with Gasteiger partial charge in [0.05, 0.1) is 0 Å². The number of hydrogen-bond donors (Lipinski definition) is 0. The maximum atomic E-state index is 5.47. The third-order valence-electron chi connectivity index (χ3n) is 4.68. The van der Waals surface area contributed by atoms with Crippen LogP contribution in [0.5, 0.6) is 0 Å². The average Bonchev–Trinajstić information content (AvgIpc) is 3.17. The highest BCUT2D eigenvalue weighted by molar-refractivity contribution is 5.31. The third-order valence-corrected chi connectivity index (χ3v) is 4.68. The van der Waals surface area contributed by atoms with E-state index in [-0.39, 0.29) is 0 Å². The van der Waals surface area contributed by atoms with E-state index in [4.69, 9.17) is 4.74 Å². The molecule has 1 atom stereocenters. The minimum absolute atomic E-state index is 0.595. The van der Waals surface area contributed by atoms with Gasteiger partial charge in [0.15, 0.2) is 0 Å². The lowest BCUT2D eigenvalue weighted by molar-refractivity contribution is 0.0419. The molecule has 2 aliphatic heterocycles. The minimum Gasteiger partial charge on any atom is -0.381 e. The molecule has 2 aromatic heterocycles. The summed E-state index contributed by atoms with van der Waals surface area (Å²) in [5.41, 5.74) is 1.35. The molecule has 0 aromatic carbocycles. The number of nitrogens with zero attached hydrogens (tertiary/aromatic N) is 4. The number of rotatable bonds is 2. The zero-order valence-corrected chi connectivity index (χ0v) is 11.6. The first-order valence-electron chi connectivity index (χ1n) is 7.51. The van der Waals surface area contributed by atoms with E-state index in [9.17, 15) is 0 Å². The van der Waals surface area contributed by atoms with Gasteiger partial charge in [-0.05, 0) is 31.9 Å². The molecule has 2 aliphatic rings. The average molecular weight is 272 g/mol. The second kappa shape index (κ2) is 5.14. The van der Waals surface area contributed by atoms with Crippen molar-refractivity contribution in [3.8, 4) is 0 Å². The van der Waals surface area contributed by atoms with Crippen LogP contribution in [-0.4, -0.2) is 51.6 Å². The van der Waals surface area contributed by atoms with Crippen molar-refractivity contribution in [3.63, 3.8) is 0 Å². The zero-order chi connectivity index (χ0) is 13.4. The lowest BCUT2D eigenvalue weighted by Gasteiger charge is -2.31. The second-order valence-corrected chi connectivity index (χ2v) is 5.79. The standard InChI is InChI=1S/C15H20N4O/c1-5-16-15-17-6-8-19(15)14(1)12-2-7-18(11-12)13-3-9-20-10-4-13/h1,5-6,8,12-13H,2-4,7,9-11H2. The van der Waals surface area contributed by atoms with Crippen LogP contribution in [0.15, 0.2) is 24.7 Å². The van der Waals surface area contributed by atoms with E-state index in [1.807, 2.05) is 18.6 Å². The van der Waals surface area contributed by atoms with Gasteiger partial charge in [-0.1, -0.05) is 0 Å². The van der Waals surface area contributed by atoms with Crippen molar-refractivity contribution in [1.82, 2.24) is 19.3 Å². The molecule has 2 fully saturated rings. The number of imidazole rings is 1. The molecule has 2 aromatic rings. The van der Waals surface area contributed by atoms with E-state index in [0.29, 0.717) is 12.0 Å². The molecule has 20 heavy (non-hydrogen) atoms. The van der Waals surface area contributed by atoms with Crippen LogP contribution < -0.4 is 0 Å². The van der Waals surface area contributed by atoms with Gasteiger partial charge in [0, 0.05) is 56.0 Å². The summed E-state index contributed by atoms with van der Waals surface area (Å²) in [6.07, 6.45) is 9.34. The molecule has 0 N–H and O–H groups in total. The molecule has 4 heterocycles. The molecular formula is C15H20N4O. The van der Waals surface area contributed by atoms with Gasteiger partial charge >= 0.3 is 0 Å². The van der Waals surface area contributed by atoms with Crippen LogP contribution in [0, 0.1) is 0 Å². The summed E-state index contributed by atoms with van der Waals surface area (Å²) in [6.45, 7) is 4.20. The summed E-state index contributed by atoms with van der Waals surface area (Å²) in [5.74, 6) is 1.41. The lowest BCUT2D eigenvalue weighted by Crippen LogP contribution is -2.37. The largest absolute Gasteiger partial charge is 0.381 e. The van der Waals surface area contributed by atoms with Gasteiger partial charge in [-0.2, -0.15) is 0 Å². The summed E-state index contributed by atoms with van der Waals surface area (Å²) in [6, 6.07) is 2.86. The predicted octanol–water partition coefficient (Wildman–Crippen LogP) is 1.70. The van der Waals surface area contributed by atoms with E-state index >= 15 is 0 Å². The van der Waals surface area contributed by atoms with Gasteiger partial charge in [-0.15, -0.1) is 0 Å². The maximum Gasteiger partial charge on any atom is 0.233 e. The van der Waals surface area contributed by atoms with Crippen LogP contribution in [0.2, 0.25) is 0 Å². The molecule has 1 unspecified atom stereocenters. The summed E-state index contributed by atoms with van der Waals surface area (Å²) in [4.78, 5) is 11.2. The molecule has 0 amide bonds. The Hall–Kier alpha value is -1.46. The van der Waals surface area contributed by atoms with Crippen LogP contribution in [-0.2, 0) is 4.74 Å². The van der Waals surface area contributed by atoms with Crippen molar-refractivity contribution in [2.24, 2.45) is 0 Å². The van der Waals surface area contributed by atoms with E-state index in [1.165, 1.54) is 31.5 Å². The SMILES string of the molecule is c1cc(C2CCN(C3CCOCC3)C2)n2ccnc2n1. The summed E-state index contributed by atoms with van der Waals surface area (Å²) >= 11 is 0. The summed E-state index contributed by atoms with van der Waals surface area (Å²) in [7, 11) is 0. The minimum atomic E-state index is 0.595. The Morgan fingerprint density at radius 3 is 2.85 bits per heavy atom. The van der Waals surface area contributed by atoms with Gasteiger partial charge in [0.2, 0.25) is 5.78 Å². The van der Waals surface area contributed by atoms with Gasteiger partial charge in [-0.25, -0.2) is 9.97 Å². The van der Waals surface area contributed by atoms with E-state index < -0.39 is 0 Å². The number of ether oxygens (including phenoxy) is 1. The predicted molar refractivity (Wildman–Crippen MR) is 75.8 cm³/mol. The fraction of sp³-hybridized carbons (Fsp3) is 0.600. The van der Waals surface area contributed by atoms with Crippen LogP contribution in [0.3, 0.4) is 0 Å². The van der Waals surface area contributed by atoms with E-state index in [2.05, 4.69) is 25.3 Å². The number of likely N-dealkylation sites (tertiary alicyclic amines) is 1. The number of aromatic nitrogens is 3. The van der Waals surface area contributed by atoms with Crippen molar-refractivity contribution in [2.45, 2.75) is 31.2 Å². The Kier molecular flexibility index (Phi) is 3.16. The molecule has 0 aliphatic carbocycles. The van der Waals surface area contributed by atoms with Crippen molar-refractivity contribution in [1.29, 1.82) is 0 Å². The van der Waals surface area contributed by atoms with Crippen molar-refractivity contribution < 1.29 is 4.74 Å². The molecule has 4 rings (SSSR count). The smallest absolute Gasteiger partial charge is 0.233 e. The van der Waals surface area contributed by atoms with Gasteiger partial charge < -0.3 is 4.74 Å². The first-order chi connectivity index (χ1) is 9.92. The highest BCUT2D eigenvalue weighted by Gasteiger charge is 2.31. The molecule has 0 radical (unpaired) electrons. The molecule has 2 saturated heterocycles. The Morgan fingerprint density at radius 2 is 1.95 bits per heavy atom. The third kappa shape index (κ3) is 2.11. The van der Waals surface area contributed by atoms with E-state index in [0.717, 1.165) is 25.5 Å². The van der Waals surface area contributed by atoms with Crippen molar-refractivity contribution in [3.05, 3.63) is 30.4 Å². The Bertz CT molecular complexity index is 590. The van der Waals surface area contributed by atoms with Crippen LogP contribution in [0.4, 0.5) is 0 Å². The Labute approximate surface area is 118 Å². The van der Waals surface area contributed by atoms with Gasteiger partial charge in [0.25, 0.3) is 0 Å². The van der Waals surface area contributed by atoms with Crippen LogP contribution in [0.25, 0.3) is 5.78 Å². The fourth-order valence-corrected chi connectivity index (χ4v) is 3.60. The molecule has 0 bridgehead atoms. The van der Waals surface area contributed by atoms with Crippen LogP contribution >= 0.6 is 0 Å². The van der Waals surface area contributed by atoms with Crippen molar-refractivity contribution >= 4 is 5.78 Å². The summed E-state index contributed by atoms with van der Waals surface area (Å²) < 4.78 is 7.61. The zero-order valence-electron chi connectivity index (χ0n) is 11.6. The van der Waals surface area contributed by atoms with Gasteiger partial charge in [0.1, 0.15) is 0 Å². The maximum absolute atomic E-state index is 5.47. The normalized spacial score (nSPS) is 25.5. The number of fused-ring (bicyclic) bond motifs is 1. The topological polar surface area (TPSA) is 42.7 Å². The Morgan fingerprint density at radius 1 is 1.10 bits per heavy atom. The molecule has 5 heteroatoms. The summed E-state index contributed by atoms with van der Waals surface area (Å²) in [5, 5.41) is 0.